The van der Waals surface area contributed by atoms with E-state index < -0.39 is 31.6 Å². The third-order valence-corrected chi connectivity index (χ3v) is 4.08. The zero-order valence-corrected chi connectivity index (χ0v) is 12.7. The molecule has 0 aliphatic heterocycles. The highest BCUT2D eigenvalue weighted by Crippen LogP contribution is 2.55. The molecular formula is C10H20N3O5P. The first-order chi connectivity index (χ1) is 8.71. The summed E-state index contributed by atoms with van der Waals surface area (Å²) in [5.41, 5.74) is 8.33. The molecular weight excluding hydrogens is 273 g/mol. The van der Waals surface area contributed by atoms with E-state index in [4.69, 9.17) is 19.3 Å². The number of carbonyl (C=O) groups is 1. The summed E-state index contributed by atoms with van der Waals surface area (Å²) in [5.74, 6) is -1.90. The normalized spacial score (nSPS) is 13.2. The van der Waals surface area contributed by atoms with Gasteiger partial charge in [-0.2, -0.15) is 0 Å². The van der Waals surface area contributed by atoms with Gasteiger partial charge in [-0.25, -0.2) is 0 Å². The Morgan fingerprint density at radius 2 is 1.74 bits per heavy atom. The van der Waals surface area contributed by atoms with Crippen LogP contribution in [-0.2, 0) is 23.1 Å². The summed E-state index contributed by atoms with van der Waals surface area (Å²) in [7, 11) is -3.73. The van der Waals surface area contributed by atoms with Gasteiger partial charge in [0.05, 0.1) is 18.8 Å². The second-order valence-electron chi connectivity index (χ2n) is 4.33. The first-order valence-electron chi connectivity index (χ1n) is 5.86. The summed E-state index contributed by atoms with van der Waals surface area (Å²) in [6, 6.07) is 0. The van der Waals surface area contributed by atoms with Gasteiger partial charge in [0.15, 0.2) is 0 Å². The van der Waals surface area contributed by atoms with Crippen LogP contribution in [0.3, 0.4) is 0 Å². The maximum Gasteiger partial charge on any atom is 0.371 e. The van der Waals surface area contributed by atoms with Crippen molar-refractivity contribution >= 4 is 13.6 Å². The summed E-state index contributed by atoms with van der Waals surface area (Å²) in [4.78, 5) is 13.6. The highest BCUT2D eigenvalue weighted by Gasteiger charge is 2.40. The van der Waals surface area contributed by atoms with Gasteiger partial charge in [-0.15, -0.1) is 0 Å². The molecule has 0 spiro atoms. The number of hydrogen-bond donors (Lipinski definition) is 0. The molecule has 1 atom stereocenters. The number of carbonyl (C=O) groups excluding carboxylic acids is 1. The summed E-state index contributed by atoms with van der Waals surface area (Å²) >= 11 is 0. The van der Waals surface area contributed by atoms with Gasteiger partial charge in [0.1, 0.15) is 0 Å². The van der Waals surface area contributed by atoms with Gasteiger partial charge >= 0.3 is 13.6 Å². The van der Waals surface area contributed by atoms with Gasteiger partial charge in [-0.05, 0) is 33.2 Å². The number of esters is 1. The molecule has 0 aliphatic carbocycles. The van der Waals surface area contributed by atoms with Crippen molar-refractivity contribution in [2.24, 2.45) is 5.11 Å². The Balaban J connectivity index is 5.25. The van der Waals surface area contributed by atoms with Crippen LogP contribution in [0, 0.1) is 0 Å². The van der Waals surface area contributed by atoms with Crippen molar-refractivity contribution in [2.75, 3.05) is 6.54 Å². The molecule has 0 radical (unpaired) electrons. The van der Waals surface area contributed by atoms with Crippen molar-refractivity contribution in [2.45, 2.75) is 52.7 Å². The van der Waals surface area contributed by atoms with Crippen LogP contribution < -0.4 is 0 Å². The van der Waals surface area contributed by atoms with Crippen LogP contribution in [0.5, 0.6) is 0 Å². The van der Waals surface area contributed by atoms with E-state index >= 15 is 0 Å². The maximum absolute atomic E-state index is 12.7. The fourth-order valence-electron chi connectivity index (χ4n) is 1.25. The monoisotopic (exact) mass is 293 g/mol. The van der Waals surface area contributed by atoms with E-state index in [0.29, 0.717) is 0 Å². The van der Waals surface area contributed by atoms with Crippen LogP contribution >= 0.6 is 7.60 Å². The number of nitrogens with zero attached hydrogens (tertiary/aromatic N) is 3. The molecule has 0 fully saturated rings. The van der Waals surface area contributed by atoms with Gasteiger partial charge in [-0.3, -0.25) is 9.36 Å². The van der Waals surface area contributed by atoms with Crippen LogP contribution in [0.15, 0.2) is 5.11 Å². The molecule has 0 heterocycles. The highest BCUT2D eigenvalue weighted by atomic mass is 31.2. The van der Waals surface area contributed by atoms with E-state index in [1.807, 2.05) is 0 Å². The molecule has 0 rings (SSSR count). The minimum atomic E-state index is -3.73. The predicted octanol–water partition coefficient (Wildman–Crippen LogP) is 3.23. The fraction of sp³-hybridized carbons (Fsp3) is 0.900. The Kier molecular flexibility index (Phi) is 7.71. The topological polar surface area (TPSA) is 111 Å². The predicted molar refractivity (Wildman–Crippen MR) is 69.6 cm³/mol. The summed E-state index contributed by atoms with van der Waals surface area (Å²) in [5, 5.41) is 3.28. The van der Waals surface area contributed by atoms with E-state index in [1.165, 1.54) is 0 Å². The second kappa shape index (κ2) is 8.17. The summed E-state index contributed by atoms with van der Waals surface area (Å²) < 4.78 is 28.1. The van der Waals surface area contributed by atoms with Gasteiger partial charge in [0.25, 0.3) is 0 Å². The lowest BCUT2D eigenvalue weighted by Crippen LogP contribution is -2.25. The molecule has 0 aromatic heterocycles. The Hall–Kier alpha value is -1.07. The van der Waals surface area contributed by atoms with Gasteiger partial charge in [0, 0.05) is 11.8 Å². The molecule has 0 amide bonds. The van der Waals surface area contributed by atoms with Gasteiger partial charge in [0.2, 0.25) is 5.85 Å². The standard InChI is InChI=1S/C10H20N3O5P/c1-7(2)17-19(15,18-8(3)4)10(6-12-13-11)16-9(5)14/h7-8,10H,6H2,1-5H3/t10-/m1/s1. The fourth-order valence-corrected chi connectivity index (χ4v) is 3.30. The molecule has 0 N–H and O–H groups in total. The summed E-state index contributed by atoms with van der Waals surface area (Å²) in [6.07, 6.45) is -0.789. The number of rotatable bonds is 8. The molecule has 0 saturated carbocycles. The van der Waals surface area contributed by atoms with Crippen molar-refractivity contribution < 1.29 is 23.1 Å². The molecule has 110 valence electrons. The first-order valence-corrected chi connectivity index (χ1v) is 7.47. The van der Waals surface area contributed by atoms with Crippen molar-refractivity contribution in [3.8, 4) is 0 Å². The second-order valence-corrected chi connectivity index (χ2v) is 6.40. The lowest BCUT2D eigenvalue weighted by molar-refractivity contribution is -0.143. The molecule has 19 heavy (non-hydrogen) atoms. The number of azide groups is 1. The van der Waals surface area contributed by atoms with Crippen molar-refractivity contribution in [3.63, 3.8) is 0 Å². The van der Waals surface area contributed by atoms with Crippen LogP contribution in [0.4, 0.5) is 0 Å². The SMILES string of the molecule is CC(=O)O[C@@H](CN=[N+]=[N-])P(=O)(OC(C)C)OC(C)C. The minimum Gasteiger partial charge on any atom is -0.449 e. The van der Waals surface area contributed by atoms with Crippen LogP contribution in [0.1, 0.15) is 34.6 Å². The van der Waals surface area contributed by atoms with Crippen LogP contribution in [0.2, 0.25) is 0 Å². The zero-order chi connectivity index (χ0) is 15.1. The van der Waals surface area contributed by atoms with Crippen molar-refractivity contribution in [3.05, 3.63) is 10.4 Å². The largest absolute Gasteiger partial charge is 0.449 e. The maximum atomic E-state index is 12.7. The number of ether oxygens (including phenoxy) is 1. The van der Waals surface area contributed by atoms with E-state index in [-0.39, 0.29) is 6.54 Å². The third-order valence-electron chi connectivity index (χ3n) is 1.67. The quantitative estimate of drug-likeness (QED) is 0.224. The Morgan fingerprint density at radius 3 is 2.05 bits per heavy atom. The Morgan fingerprint density at radius 1 is 1.26 bits per heavy atom. The first kappa shape index (κ1) is 17.9. The molecule has 9 heteroatoms. The lowest BCUT2D eigenvalue weighted by atomic mass is 10.5. The lowest BCUT2D eigenvalue weighted by Gasteiger charge is -2.28. The molecule has 8 nitrogen and oxygen atoms in total. The van der Waals surface area contributed by atoms with Crippen LogP contribution in [0.25, 0.3) is 10.4 Å². The van der Waals surface area contributed by atoms with Crippen LogP contribution in [-0.4, -0.2) is 30.6 Å². The van der Waals surface area contributed by atoms with Gasteiger partial charge in [-0.1, -0.05) is 5.11 Å². The average molecular weight is 293 g/mol. The Labute approximate surface area is 112 Å². The summed E-state index contributed by atoms with van der Waals surface area (Å²) in [6.45, 7) is 7.55. The highest BCUT2D eigenvalue weighted by molar-refractivity contribution is 7.54. The van der Waals surface area contributed by atoms with Crippen molar-refractivity contribution in [1.29, 1.82) is 0 Å². The minimum absolute atomic E-state index is 0.313. The molecule has 0 aliphatic rings. The average Bonchev–Trinajstić information content (AvgIpc) is 2.20. The zero-order valence-electron chi connectivity index (χ0n) is 11.8. The van der Waals surface area contributed by atoms with E-state index in [2.05, 4.69) is 10.0 Å². The molecule has 0 aromatic carbocycles. The number of hydrogen-bond acceptors (Lipinski definition) is 6. The molecule has 0 bridgehead atoms. The third kappa shape index (κ3) is 7.18. The molecule has 0 saturated heterocycles. The van der Waals surface area contributed by atoms with E-state index in [1.54, 1.807) is 27.7 Å². The van der Waals surface area contributed by atoms with Gasteiger partial charge < -0.3 is 13.8 Å². The van der Waals surface area contributed by atoms with E-state index in [0.717, 1.165) is 6.92 Å². The Bertz CT molecular complexity index is 375. The van der Waals surface area contributed by atoms with Crippen molar-refractivity contribution in [1.82, 2.24) is 0 Å². The van der Waals surface area contributed by atoms with E-state index in [9.17, 15) is 9.36 Å². The molecule has 0 unspecified atom stereocenters. The smallest absolute Gasteiger partial charge is 0.371 e. The molecule has 0 aromatic rings.